The molecule has 3 N–H and O–H groups in total. The molecule has 0 spiro atoms. The second kappa shape index (κ2) is 12.0. The number of anilines is 2. The maximum Gasteiger partial charge on any atom is 0.226 e. The smallest absolute Gasteiger partial charge is 0.226 e. The van der Waals surface area contributed by atoms with Gasteiger partial charge in [0.25, 0.3) is 0 Å². The normalized spacial score (nSPS) is 16.0. The van der Waals surface area contributed by atoms with Crippen LogP contribution in [0.25, 0.3) is 0 Å². The van der Waals surface area contributed by atoms with Crippen molar-refractivity contribution in [1.82, 2.24) is 10.6 Å². The molecule has 0 saturated carbocycles. The number of guanidine groups is 1. The van der Waals surface area contributed by atoms with E-state index in [2.05, 4.69) is 20.9 Å². The molecular weight excluding hydrogens is 527 g/mol. The van der Waals surface area contributed by atoms with Gasteiger partial charge in [-0.2, -0.15) is 0 Å². The standard InChI is InChI=1S/C23H29F2N5O.HI/c1-15(2)22(31)28-17-9-7-16(8-10-17)13-27-23(26-3)29-18-11-12-30(14-18)21-19(24)5-4-6-20(21)25;/h4-10,15,18H,11-14H2,1-3H3,(H,28,31)(H2,26,27,29);1H. The van der Waals surface area contributed by atoms with Crippen LogP contribution in [0, 0.1) is 17.6 Å². The van der Waals surface area contributed by atoms with Gasteiger partial charge >= 0.3 is 0 Å². The Morgan fingerprint density at radius 2 is 1.81 bits per heavy atom. The van der Waals surface area contributed by atoms with E-state index in [0.29, 0.717) is 25.6 Å². The highest BCUT2D eigenvalue weighted by Gasteiger charge is 2.27. The van der Waals surface area contributed by atoms with Crippen molar-refractivity contribution in [2.24, 2.45) is 10.9 Å². The molecule has 1 atom stereocenters. The predicted molar refractivity (Wildman–Crippen MR) is 136 cm³/mol. The first-order valence-electron chi connectivity index (χ1n) is 10.4. The second-order valence-electron chi connectivity index (χ2n) is 7.91. The van der Waals surface area contributed by atoms with E-state index in [1.165, 1.54) is 18.2 Å². The van der Waals surface area contributed by atoms with E-state index in [1.54, 1.807) is 11.9 Å². The van der Waals surface area contributed by atoms with Crippen molar-refractivity contribution >= 4 is 47.2 Å². The number of aliphatic imine (C=N–C) groups is 1. The third-order valence-electron chi connectivity index (χ3n) is 5.21. The molecule has 2 aromatic carbocycles. The molecule has 1 unspecified atom stereocenters. The van der Waals surface area contributed by atoms with E-state index in [1.807, 2.05) is 38.1 Å². The zero-order valence-electron chi connectivity index (χ0n) is 18.5. The highest BCUT2D eigenvalue weighted by molar-refractivity contribution is 14.0. The van der Waals surface area contributed by atoms with E-state index in [9.17, 15) is 13.6 Å². The first-order chi connectivity index (χ1) is 14.9. The molecule has 32 heavy (non-hydrogen) atoms. The Morgan fingerprint density at radius 3 is 2.41 bits per heavy atom. The van der Waals surface area contributed by atoms with Crippen LogP contribution in [0.1, 0.15) is 25.8 Å². The predicted octanol–water partition coefficient (Wildman–Crippen LogP) is 4.12. The molecule has 6 nitrogen and oxygen atoms in total. The minimum atomic E-state index is -0.545. The van der Waals surface area contributed by atoms with Crippen molar-refractivity contribution in [3.8, 4) is 0 Å². The van der Waals surface area contributed by atoms with Gasteiger partial charge in [-0.1, -0.05) is 32.0 Å². The van der Waals surface area contributed by atoms with Crippen molar-refractivity contribution in [1.29, 1.82) is 0 Å². The van der Waals surface area contributed by atoms with E-state index >= 15 is 0 Å². The summed E-state index contributed by atoms with van der Waals surface area (Å²) in [5.74, 6) is -0.557. The summed E-state index contributed by atoms with van der Waals surface area (Å²) in [5.41, 5.74) is 1.82. The number of hydrogen-bond donors (Lipinski definition) is 3. The second-order valence-corrected chi connectivity index (χ2v) is 7.91. The van der Waals surface area contributed by atoms with Crippen LogP contribution in [0.3, 0.4) is 0 Å². The van der Waals surface area contributed by atoms with Gasteiger partial charge in [-0.3, -0.25) is 9.79 Å². The molecule has 174 valence electrons. The minimum absolute atomic E-state index is 0. The third kappa shape index (κ3) is 6.78. The lowest BCUT2D eigenvalue weighted by molar-refractivity contribution is -0.118. The van der Waals surface area contributed by atoms with Crippen molar-refractivity contribution in [3.05, 3.63) is 59.7 Å². The Labute approximate surface area is 204 Å². The molecule has 0 bridgehead atoms. The number of carbonyl (C=O) groups excluding carboxylic acids is 1. The summed E-state index contributed by atoms with van der Waals surface area (Å²) in [6.45, 7) is 5.31. The molecule has 1 amide bonds. The lowest BCUT2D eigenvalue weighted by Gasteiger charge is -2.21. The van der Waals surface area contributed by atoms with Crippen LogP contribution in [-0.4, -0.2) is 38.0 Å². The van der Waals surface area contributed by atoms with E-state index in [4.69, 9.17) is 0 Å². The average molecular weight is 557 g/mol. The van der Waals surface area contributed by atoms with E-state index in [0.717, 1.165) is 17.7 Å². The van der Waals surface area contributed by atoms with Gasteiger partial charge in [0.05, 0.1) is 0 Å². The van der Waals surface area contributed by atoms with Gasteiger partial charge in [0, 0.05) is 44.3 Å². The number of carbonyl (C=O) groups is 1. The lowest BCUT2D eigenvalue weighted by Crippen LogP contribution is -2.44. The van der Waals surface area contributed by atoms with Crippen LogP contribution in [-0.2, 0) is 11.3 Å². The number of rotatable bonds is 6. The highest BCUT2D eigenvalue weighted by Crippen LogP contribution is 2.26. The molecule has 1 aliphatic rings. The number of halogens is 3. The van der Waals surface area contributed by atoms with E-state index in [-0.39, 0.29) is 47.5 Å². The molecule has 9 heteroatoms. The molecule has 1 saturated heterocycles. The maximum atomic E-state index is 14.0. The lowest BCUT2D eigenvalue weighted by atomic mass is 10.1. The summed E-state index contributed by atoms with van der Waals surface area (Å²) in [4.78, 5) is 17.7. The van der Waals surface area contributed by atoms with Crippen LogP contribution >= 0.6 is 24.0 Å². The zero-order valence-corrected chi connectivity index (χ0v) is 20.8. The van der Waals surface area contributed by atoms with Crippen LogP contribution in [0.15, 0.2) is 47.5 Å². The van der Waals surface area contributed by atoms with Crippen molar-refractivity contribution in [3.63, 3.8) is 0 Å². The SMILES string of the molecule is CN=C(NCc1ccc(NC(=O)C(C)C)cc1)NC1CCN(c2c(F)cccc2F)C1.I. The number of para-hydroxylation sites is 1. The number of nitrogens with one attached hydrogen (secondary N) is 3. The fraction of sp³-hybridized carbons (Fsp3) is 0.391. The fourth-order valence-corrected chi connectivity index (χ4v) is 3.44. The number of amides is 1. The highest BCUT2D eigenvalue weighted by atomic mass is 127. The molecule has 3 rings (SSSR count). The Bertz CT molecular complexity index is 916. The molecular formula is C23H30F2IN5O. The van der Waals surface area contributed by atoms with Gasteiger partial charge in [-0.05, 0) is 36.2 Å². The van der Waals surface area contributed by atoms with Crippen LogP contribution in [0.2, 0.25) is 0 Å². The minimum Gasteiger partial charge on any atom is -0.365 e. The molecule has 1 heterocycles. The van der Waals surface area contributed by atoms with Crippen LogP contribution in [0.4, 0.5) is 20.2 Å². The van der Waals surface area contributed by atoms with Gasteiger partial charge in [-0.15, -0.1) is 24.0 Å². The summed E-state index contributed by atoms with van der Waals surface area (Å²) < 4.78 is 28.1. The Kier molecular flexibility index (Phi) is 9.67. The first-order valence-corrected chi connectivity index (χ1v) is 10.4. The van der Waals surface area contributed by atoms with Gasteiger partial charge < -0.3 is 20.9 Å². The van der Waals surface area contributed by atoms with Crippen LogP contribution < -0.4 is 20.9 Å². The topological polar surface area (TPSA) is 68.8 Å². The number of benzene rings is 2. The summed E-state index contributed by atoms with van der Waals surface area (Å²) in [6.07, 6.45) is 0.749. The van der Waals surface area contributed by atoms with Crippen molar-refractivity contribution in [2.75, 3.05) is 30.4 Å². The Morgan fingerprint density at radius 1 is 1.16 bits per heavy atom. The first kappa shape index (κ1) is 25.8. The van der Waals surface area contributed by atoms with Crippen molar-refractivity contribution < 1.29 is 13.6 Å². The molecule has 0 aromatic heterocycles. The van der Waals surface area contributed by atoms with Crippen molar-refractivity contribution in [2.45, 2.75) is 32.9 Å². The molecule has 1 aliphatic heterocycles. The monoisotopic (exact) mass is 557 g/mol. The summed E-state index contributed by atoms with van der Waals surface area (Å²) >= 11 is 0. The third-order valence-corrected chi connectivity index (χ3v) is 5.21. The van der Waals surface area contributed by atoms with Gasteiger partial charge in [0.1, 0.15) is 17.3 Å². The maximum absolute atomic E-state index is 14.0. The molecule has 2 aromatic rings. The number of hydrogen-bond acceptors (Lipinski definition) is 3. The van der Waals surface area contributed by atoms with E-state index < -0.39 is 11.6 Å². The zero-order chi connectivity index (χ0) is 22.4. The summed E-state index contributed by atoms with van der Waals surface area (Å²) in [5, 5.41) is 9.44. The molecule has 0 radical (unpaired) electrons. The Balaban J connectivity index is 0.00000363. The van der Waals surface area contributed by atoms with Crippen LogP contribution in [0.5, 0.6) is 0 Å². The van der Waals surface area contributed by atoms with Gasteiger partial charge in [-0.25, -0.2) is 8.78 Å². The van der Waals surface area contributed by atoms with Gasteiger partial charge in [0.2, 0.25) is 5.91 Å². The molecule has 0 aliphatic carbocycles. The number of nitrogens with zero attached hydrogens (tertiary/aromatic N) is 2. The summed E-state index contributed by atoms with van der Waals surface area (Å²) in [6, 6.07) is 11.6. The van der Waals surface area contributed by atoms with Gasteiger partial charge in [0.15, 0.2) is 5.96 Å². The quantitative estimate of drug-likeness (QED) is 0.284. The average Bonchev–Trinajstić information content (AvgIpc) is 3.20. The Hall–Kier alpha value is -2.43. The summed E-state index contributed by atoms with van der Waals surface area (Å²) in [7, 11) is 1.68. The fourth-order valence-electron chi connectivity index (χ4n) is 3.44. The largest absolute Gasteiger partial charge is 0.365 e. The molecule has 1 fully saturated rings.